The molecule has 13 heavy (non-hydrogen) atoms. The molecule has 1 fully saturated rings. The van der Waals surface area contributed by atoms with Crippen LogP contribution in [-0.2, 0) is 0 Å². The van der Waals surface area contributed by atoms with Crippen LogP contribution in [0.1, 0.15) is 24.7 Å². The summed E-state index contributed by atoms with van der Waals surface area (Å²) in [5.74, 6) is 1.70. The zero-order valence-corrected chi connectivity index (χ0v) is 7.86. The minimum atomic E-state index is 0.425. The van der Waals surface area contributed by atoms with Crippen LogP contribution < -0.4 is 5.73 Å². The van der Waals surface area contributed by atoms with E-state index in [-0.39, 0.29) is 0 Å². The molecular formula is C9H15N3O. The molecule has 72 valence electrons. The van der Waals surface area contributed by atoms with Crippen LogP contribution in [-0.4, -0.2) is 30.0 Å². The van der Waals surface area contributed by atoms with E-state index < -0.39 is 0 Å². The van der Waals surface area contributed by atoms with Gasteiger partial charge in [0.1, 0.15) is 0 Å². The van der Waals surface area contributed by atoms with E-state index in [9.17, 15) is 0 Å². The van der Waals surface area contributed by atoms with Gasteiger partial charge < -0.3 is 15.1 Å². The Morgan fingerprint density at radius 2 is 2.23 bits per heavy atom. The lowest BCUT2D eigenvalue weighted by Crippen LogP contribution is -2.29. The summed E-state index contributed by atoms with van der Waals surface area (Å²) in [5.41, 5.74) is 5.47. The molecule has 1 aromatic heterocycles. The number of nitrogen functional groups attached to an aromatic ring is 1. The minimum Gasteiger partial charge on any atom is -0.425 e. The maximum Gasteiger partial charge on any atom is 0.211 e. The predicted octanol–water partition coefficient (Wildman–Crippen LogP) is 1.07. The SMILES string of the molecule is CN1CCC(c2ncc(N)o2)CC1. The summed E-state index contributed by atoms with van der Waals surface area (Å²) in [6, 6.07) is 0. The molecule has 1 aliphatic rings. The molecule has 0 unspecified atom stereocenters. The number of nitrogens with zero attached hydrogens (tertiary/aromatic N) is 2. The summed E-state index contributed by atoms with van der Waals surface area (Å²) < 4.78 is 5.31. The molecule has 1 saturated heterocycles. The Bertz CT molecular complexity index is 276. The van der Waals surface area contributed by atoms with Crippen molar-refractivity contribution in [3.63, 3.8) is 0 Å². The van der Waals surface area contributed by atoms with Gasteiger partial charge in [0.25, 0.3) is 0 Å². The first kappa shape index (κ1) is 8.56. The first-order valence-corrected chi connectivity index (χ1v) is 4.65. The molecule has 0 spiro atoms. The van der Waals surface area contributed by atoms with Gasteiger partial charge in [-0.2, -0.15) is 0 Å². The van der Waals surface area contributed by atoms with Crippen molar-refractivity contribution in [3.8, 4) is 0 Å². The summed E-state index contributed by atoms with van der Waals surface area (Å²) in [6.45, 7) is 2.24. The fourth-order valence-electron chi connectivity index (χ4n) is 1.74. The number of piperidine rings is 1. The van der Waals surface area contributed by atoms with Crippen LogP contribution in [0.15, 0.2) is 10.6 Å². The van der Waals surface area contributed by atoms with Gasteiger partial charge in [0.05, 0.1) is 6.20 Å². The van der Waals surface area contributed by atoms with Crippen LogP contribution in [0.3, 0.4) is 0 Å². The highest BCUT2D eigenvalue weighted by molar-refractivity contribution is 5.19. The van der Waals surface area contributed by atoms with E-state index in [1.54, 1.807) is 6.20 Å². The topological polar surface area (TPSA) is 55.3 Å². The molecule has 0 aromatic carbocycles. The van der Waals surface area contributed by atoms with Gasteiger partial charge in [-0.1, -0.05) is 0 Å². The molecule has 0 atom stereocenters. The molecule has 2 rings (SSSR count). The van der Waals surface area contributed by atoms with E-state index >= 15 is 0 Å². The van der Waals surface area contributed by atoms with E-state index in [0.717, 1.165) is 31.8 Å². The number of likely N-dealkylation sites (tertiary alicyclic amines) is 1. The molecule has 0 radical (unpaired) electrons. The maximum absolute atomic E-state index is 5.47. The number of oxazole rings is 1. The third-order valence-corrected chi connectivity index (χ3v) is 2.61. The highest BCUT2D eigenvalue weighted by atomic mass is 16.4. The van der Waals surface area contributed by atoms with Gasteiger partial charge in [-0.3, -0.25) is 0 Å². The van der Waals surface area contributed by atoms with E-state index in [1.807, 2.05) is 0 Å². The number of hydrogen-bond donors (Lipinski definition) is 1. The quantitative estimate of drug-likeness (QED) is 0.704. The van der Waals surface area contributed by atoms with Crippen molar-refractivity contribution >= 4 is 5.88 Å². The second-order valence-electron chi connectivity index (χ2n) is 3.68. The second-order valence-corrected chi connectivity index (χ2v) is 3.68. The first-order valence-electron chi connectivity index (χ1n) is 4.65. The molecular weight excluding hydrogens is 166 g/mol. The molecule has 4 nitrogen and oxygen atoms in total. The van der Waals surface area contributed by atoms with Crippen molar-refractivity contribution in [2.45, 2.75) is 18.8 Å². The van der Waals surface area contributed by atoms with Gasteiger partial charge in [-0.15, -0.1) is 0 Å². The van der Waals surface area contributed by atoms with Crippen molar-refractivity contribution < 1.29 is 4.42 Å². The smallest absolute Gasteiger partial charge is 0.211 e. The standard InChI is InChI=1S/C9H15N3O/c1-12-4-2-7(3-5-12)9-11-6-8(10)13-9/h6-7H,2-5,10H2,1H3. The summed E-state index contributed by atoms with van der Waals surface area (Å²) in [4.78, 5) is 6.48. The number of anilines is 1. The van der Waals surface area contributed by atoms with Crippen LogP contribution in [0.5, 0.6) is 0 Å². The Balaban J connectivity index is 2.02. The normalized spacial score (nSPS) is 20.7. The average molecular weight is 181 g/mol. The lowest BCUT2D eigenvalue weighted by atomic mass is 9.97. The van der Waals surface area contributed by atoms with Gasteiger partial charge >= 0.3 is 0 Å². The lowest BCUT2D eigenvalue weighted by Gasteiger charge is -2.26. The largest absolute Gasteiger partial charge is 0.425 e. The molecule has 0 amide bonds. The van der Waals surface area contributed by atoms with Crippen molar-refractivity contribution in [2.24, 2.45) is 0 Å². The van der Waals surface area contributed by atoms with Crippen LogP contribution in [0.25, 0.3) is 0 Å². The van der Waals surface area contributed by atoms with Crippen LogP contribution in [0.2, 0.25) is 0 Å². The molecule has 2 heterocycles. The molecule has 1 aliphatic heterocycles. The Hall–Kier alpha value is -1.03. The maximum atomic E-state index is 5.47. The van der Waals surface area contributed by atoms with Gasteiger partial charge in [-0.05, 0) is 33.0 Å². The highest BCUT2D eigenvalue weighted by Gasteiger charge is 2.21. The van der Waals surface area contributed by atoms with E-state index in [1.165, 1.54) is 0 Å². The monoisotopic (exact) mass is 181 g/mol. The Morgan fingerprint density at radius 3 is 2.77 bits per heavy atom. The number of nitrogens with two attached hydrogens (primary N) is 1. The second kappa shape index (κ2) is 3.38. The number of rotatable bonds is 1. The predicted molar refractivity (Wildman–Crippen MR) is 50.4 cm³/mol. The van der Waals surface area contributed by atoms with Gasteiger partial charge in [0.2, 0.25) is 5.88 Å². The Kier molecular flexibility index (Phi) is 2.22. The fraction of sp³-hybridized carbons (Fsp3) is 0.667. The van der Waals surface area contributed by atoms with Crippen LogP contribution >= 0.6 is 0 Å². The molecule has 0 bridgehead atoms. The lowest BCUT2D eigenvalue weighted by molar-refractivity contribution is 0.238. The average Bonchev–Trinajstić information content (AvgIpc) is 2.53. The van der Waals surface area contributed by atoms with E-state index in [0.29, 0.717) is 11.8 Å². The summed E-state index contributed by atoms with van der Waals surface area (Å²) in [7, 11) is 2.14. The van der Waals surface area contributed by atoms with Crippen molar-refractivity contribution in [1.82, 2.24) is 9.88 Å². The van der Waals surface area contributed by atoms with E-state index in [4.69, 9.17) is 10.2 Å². The van der Waals surface area contributed by atoms with Crippen LogP contribution in [0.4, 0.5) is 5.88 Å². The van der Waals surface area contributed by atoms with Crippen molar-refractivity contribution in [3.05, 3.63) is 12.1 Å². The fourth-order valence-corrected chi connectivity index (χ4v) is 1.74. The molecule has 0 saturated carbocycles. The summed E-state index contributed by atoms with van der Waals surface area (Å²) >= 11 is 0. The summed E-state index contributed by atoms with van der Waals surface area (Å²) in [6.07, 6.45) is 3.83. The molecule has 1 aromatic rings. The van der Waals surface area contributed by atoms with Crippen molar-refractivity contribution in [1.29, 1.82) is 0 Å². The molecule has 0 aliphatic carbocycles. The minimum absolute atomic E-state index is 0.425. The third-order valence-electron chi connectivity index (χ3n) is 2.61. The Labute approximate surface area is 77.7 Å². The molecule has 4 heteroatoms. The number of aromatic nitrogens is 1. The van der Waals surface area contributed by atoms with Gasteiger partial charge in [0, 0.05) is 5.92 Å². The Morgan fingerprint density at radius 1 is 1.54 bits per heavy atom. The molecule has 2 N–H and O–H groups in total. The van der Waals surface area contributed by atoms with Crippen LogP contribution in [0, 0.1) is 0 Å². The third kappa shape index (κ3) is 1.83. The van der Waals surface area contributed by atoms with Gasteiger partial charge in [-0.25, -0.2) is 4.98 Å². The van der Waals surface area contributed by atoms with Crippen molar-refractivity contribution in [2.75, 3.05) is 25.9 Å². The summed E-state index contributed by atoms with van der Waals surface area (Å²) in [5, 5.41) is 0. The zero-order chi connectivity index (χ0) is 9.26. The first-order chi connectivity index (χ1) is 6.25. The number of hydrogen-bond acceptors (Lipinski definition) is 4. The highest BCUT2D eigenvalue weighted by Crippen LogP contribution is 2.27. The zero-order valence-electron chi connectivity index (χ0n) is 7.86. The van der Waals surface area contributed by atoms with E-state index in [2.05, 4.69) is 16.9 Å². The van der Waals surface area contributed by atoms with Gasteiger partial charge in [0.15, 0.2) is 5.89 Å².